The van der Waals surface area contributed by atoms with Gasteiger partial charge in [0.15, 0.2) is 0 Å². The summed E-state index contributed by atoms with van der Waals surface area (Å²) in [6.07, 6.45) is 1.51. The summed E-state index contributed by atoms with van der Waals surface area (Å²) in [6.45, 7) is 0. The number of halogens is 2. The maximum absolute atomic E-state index is 12.9. The highest BCUT2D eigenvalue weighted by Crippen LogP contribution is 2.16. The summed E-state index contributed by atoms with van der Waals surface area (Å²) in [5, 5.41) is 8.71. The van der Waals surface area contributed by atoms with E-state index < -0.39 is 5.82 Å². The van der Waals surface area contributed by atoms with Gasteiger partial charge in [0.1, 0.15) is 11.6 Å². The van der Waals surface area contributed by atoms with E-state index in [-0.39, 0.29) is 16.5 Å². The molecule has 0 saturated heterocycles. The average Bonchev–Trinajstić information content (AvgIpc) is 2.74. The Morgan fingerprint density at radius 1 is 1.44 bits per heavy atom. The molecule has 0 spiro atoms. The standard InChI is InChI=1S/C10H7ClFN3O/c11-7-5-6(1-2-8(7)12)10(16)14-9-3-4-13-15-9/h1-5H,(H2,13,14,15,16). The van der Waals surface area contributed by atoms with E-state index in [9.17, 15) is 9.18 Å². The number of carbonyl (C=O) groups excluding carboxylic acids is 1. The van der Waals surface area contributed by atoms with E-state index in [4.69, 9.17) is 11.6 Å². The molecule has 2 N–H and O–H groups in total. The predicted octanol–water partition coefficient (Wildman–Crippen LogP) is 2.45. The summed E-state index contributed by atoms with van der Waals surface area (Å²) in [6, 6.07) is 5.36. The summed E-state index contributed by atoms with van der Waals surface area (Å²) in [5.74, 6) is -0.476. The van der Waals surface area contributed by atoms with Crippen molar-refractivity contribution in [1.82, 2.24) is 10.2 Å². The van der Waals surface area contributed by atoms with Gasteiger partial charge in [0.2, 0.25) is 0 Å². The first-order chi connectivity index (χ1) is 7.66. The molecule has 0 aliphatic carbocycles. The Balaban J connectivity index is 2.18. The van der Waals surface area contributed by atoms with Gasteiger partial charge < -0.3 is 5.32 Å². The number of carbonyl (C=O) groups is 1. The third-order valence-electron chi connectivity index (χ3n) is 1.93. The first-order valence-corrected chi connectivity index (χ1v) is 4.80. The predicted molar refractivity (Wildman–Crippen MR) is 58.0 cm³/mol. The molecule has 4 nitrogen and oxygen atoms in total. The molecule has 0 fully saturated rings. The minimum atomic E-state index is -0.556. The number of anilines is 1. The molecule has 1 aromatic carbocycles. The van der Waals surface area contributed by atoms with Crippen LogP contribution < -0.4 is 5.32 Å². The van der Waals surface area contributed by atoms with Crippen molar-refractivity contribution in [3.8, 4) is 0 Å². The van der Waals surface area contributed by atoms with Crippen LogP contribution in [0.3, 0.4) is 0 Å². The van der Waals surface area contributed by atoms with Crippen molar-refractivity contribution in [2.24, 2.45) is 0 Å². The lowest BCUT2D eigenvalue weighted by molar-refractivity contribution is 0.102. The van der Waals surface area contributed by atoms with Gasteiger partial charge in [0, 0.05) is 11.6 Å². The third-order valence-corrected chi connectivity index (χ3v) is 2.22. The fourth-order valence-corrected chi connectivity index (χ4v) is 1.34. The number of benzene rings is 1. The highest BCUT2D eigenvalue weighted by Gasteiger charge is 2.09. The number of H-pyrrole nitrogens is 1. The van der Waals surface area contributed by atoms with Crippen LogP contribution in [0.15, 0.2) is 30.5 Å². The molecule has 6 heteroatoms. The van der Waals surface area contributed by atoms with Gasteiger partial charge in [-0.05, 0) is 18.2 Å². The second-order valence-electron chi connectivity index (χ2n) is 3.05. The van der Waals surface area contributed by atoms with E-state index in [2.05, 4.69) is 15.5 Å². The first-order valence-electron chi connectivity index (χ1n) is 4.42. The van der Waals surface area contributed by atoms with Crippen LogP contribution in [-0.2, 0) is 0 Å². The van der Waals surface area contributed by atoms with Crippen molar-refractivity contribution in [2.45, 2.75) is 0 Å². The molecule has 0 radical (unpaired) electrons. The van der Waals surface area contributed by atoms with Crippen LogP contribution in [0.4, 0.5) is 10.2 Å². The van der Waals surface area contributed by atoms with Gasteiger partial charge in [0.25, 0.3) is 5.91 Å². The van der Waals surface area contributed by atoms with Crippen LogP contribution in [-0.4, -0.2) is 16.1 Å². The molecule has 0 aliphatic rings. The van der Waals surface area contributed by atoms with Crippen LogP contribution in [0, 0.1) is 5.82 Å². The van der Waals surface area contributed by atoms with Gasteiger partial charge >= 0.3 is 0 Å². The summed E-state index contributed by atoms with van der Waals surface area (Å²) >= 11 is 5.56. The van der Waals surface area contributed by atoms with Crippen molar-refractivity contribution < 1.29 is 9.18 Å². The number of rotatable bonds is 2. The fourth-order valence-electron chi connectivity index (χ4n) is 1.16. The minimum absolute atomic E-state index is 0.0859. The smallest absolute Gasteiger partial charge is 0.256 e. The molecule has 1 aromatic heterocycles. The molecular formula is C10H7ClFN3O. The van der Waals surface area contributed by atoms with Crippen LogP contribution in [0.25, 0.3) is 0 Å². The Bertz CT molecular complexity index is 513. The van der Waals surface area contributed by atoms with E-state index in [1.165, 1.54) is 18.3 Å². The third kappa shape index (κ3) is 2.20. The Morgan fingerprint density at radius 2 is 2.25 bits per heavy atom. The highest BCUT2D eigenvalue weighted by atomic mass is 35.5. The normalized spacial score (nSPS) is 10.1. The van der Waals surface area contributed by atoms with Crippen LogP contribution >= 0.6 is 11.6 Å². The quantitative estimate of drug-likeness (QED) is 0.846. The van der Waals surface area contributed by atoms with E-state index >= 15 is 0 Å². The number of hydrogen-bond acceptors (Lipinski definition) is 2. The molecule has 82 valence electrons. The van der Waals surface area contributed by atoms with Gasteiger partial charge in [-0.2, -0.15) is 5.10 Å². The number of hydrogen-bond donors (Lipinski definition) is 2. The molecule has 16 heavy (non-hydrogen) atoms. The van der Waals surface area contributed by atoms with E-state index in [1.807, 2.05) is 0 Å². The number of nitrogens with one attached hydrogen (secondary N) is 2. The van der Waals surface area contributed by atoms with Gasteiger partial charge in [0.05, 0.1) is 11.2 Å². The molecule has 0 atom stereocenters. The van der Waals surface area contributed by atoms with Crippen LogP contribution in [0.1, 0.15) is 10.4 Å². The molecule has 2 aromatic rings. The van der Waals surface area contributed by atoms with Crippen molar-refractivity contribution in [3.05, 3.63) is 46.9 Å². The zero-order chi connectivity index (χ0) is 11.5. The number of nitrogens with zero attached hydrogens (tertiary/aromatic N) is 1. The molecule has 1 heterocycles. The van der Waals surface area contributed by atoms with Crippen LogP contribution in [0.5, 0.6) is 0 Å². The van der Waals surface area contributed by atoms with Gasteiger partial charge in [-0.1, -0.05) is 11.6 Å². The number of aromatic nitrogens is 2. The zero-order valence-electron chi connectivity index (χ0n) is 8.00. The zero-order valence-corrected chi connectivity index (χ0v) is 8.75. The second-order valence-corrected chi connectivity index (χ2v) is 3.46. The first kappa shape index (κ1) is 10.6. The van der Waals surface area contributed by atoms with Crippen molar-refractivity contribution in [3.63, 3.8) is 0 Å². The minimum Gasteiger partial charge on any atom is -0.307 e. The van der Waals surface area contributed by atoms with E-state index in [0.29, 0.717) is 5.82 Å². The average molecular weight is 240 g/mol. The Morgan fingerprint density at radius 3 is 2.88 bits per heavy atom. The lowest BCUT2D eigenvalue weighted by Gasteiger charge is -2.03. The molecule has 0 bridgehead atoms. The highest BCUT2D eigenvalue weighted by molar-refractivity contribution is 6.31. The van der Waals surface area contributed by atoms with Crippen LogP contribution in [0.2, 0.25) is 5.02 Å². The van der Waals surface area contributed by atoms with Crippen molar-refractivity contribution in [2.75, 3.05) is 5.32 Å². The lowest BCUT2D eigenvalue weighted by atomic mass is 10.2. The maximum atomic E-state index is 12.9. The summed E-state index contributed by atoms with van der Waals surface area (Å²) in [7, 11) is 0. The van der Waals surface area contributed by atoms with Gasteiger partial charge in [-0.25, -0.2) is 4.39 Å². The van der Waals surface area contributed by atoms with Gasteiger partial charge in [-0.15, -0.1) is 0 Å². The Hall–Kier alpha value is -1.88. The molecule has 2 rings (SSSR count). The fraction of sp³-hybridized carbons (Fsp3) is 0. The lowest BCUT2D eigenvalue weighted by Crippen LogP contribution is -2.12. The van der Waals surface area contributed by atoms with E-state index in [0.717, 1.165) is 6.07 Å². The topological polar surface area (TPSA) is 57.8 Å². The molecule has 0 saturated carbocycles. The Kier molecular flexibility index (Phi) is 2.87. The summed E-state index contributed by atoms with van der Waals surface area (Å²) < 4.78 is 12.9. The summed E-state index contributed by atoms with van der Waals surface area (Å²) in [5.41, 5.74) is 0.279. The molecule has 1 amide bonds. The molecule has 0 unspecified atom stereocenters. The maximum Gasteiger partial charge on any atom is 0.256 e. The summed E-state index contributed by atoms with van der Waals surface area (Å²) in [4.78, 5) is 11.6. The largest absolute Gasteiger partial charge is 0.307 e. The van der Waals surface area contributed by atoms with Gasteiger partial charge in [-0.3, -0.25) is 9.89 Å². The van der Waals surface area contributed by atoms with Crippen molar-refractivity contribution >= 4 is 23.3 Å². The molecule has 0 aliphatic heterocycles. The SMILES string of the molecule is O=C(Nc1ccn[nH]1)c1ccc(F)c(Cl)c1. The second kappa shape index (κ2) is 4.32. The monoisotopic (exact) mass is 239 g/mol. The number of amides is 1. The van der Waals surface area contributed by atoms with Crippen molar-refractivity contribution in [1.29, 1.82) is 0 Å². The number of aromatic amines is 1. The van der Waals surface area contributed by atoms with E-state index in [1.54, 1.807) is 6.07 Å². The Labute approximate surface area is 95.4 Å². The molecular weight excluding hydrogens is 233 g/mol.